The maximum Gasteiger partial charge on any atom is 0.0991 e. The van der Waals surface area contributed by atoms with Crippen LogP contribution in [0.2, 0.25) is 0 Å². The Labute approximate surface area is 332 Å². The van der Waals surface area contributed by atoms with Crippen LogP contribution in [0.15, 0.2) is 182 Å². The van der Waals surface area contributed by atoms with Gasteiger partial charge in [-0.15, -0.1) is 0 Å². The summed E-state index contributed by atoms with van der Waals surface area (Å²) in [5.41, 5.74) is 12.5. The van der Waals surface area contributed by atoms with Crippen LogP contribution in [0.25, 0.3) is 43.4 Å². The van der Waals surface area contributed by atoms with E-state index in [1.165, 1.54) is 54.6 Å². The molecule has 0 aliphatic heterocycles. The molecule has 0 heterocycles. The molecule has 0 saturated heterocycles. The van der Waals surface area contributed by atoms with E-state index >= 15 is 0 Å². The summed E-state index contributed by atoms with van der Waals surface area (Å²) in [4.78, 5) is 4.52. The van der Waals surface area contributed by atoms with Crippen LogP contribution in [0, 0.1) is 22.7 Å². The van der Waals surface area contributed by atoms with Crippen LogP contribution in [0.5, 0.6) is 0 Å². The predicted octanol–water partition coefficient (Wildman–Crippen LogP) is 14.1. The first kappa shape index (κ1) is 33.9. The lowest BCUT2D eigenvalue weighted by atomic mass is 9.79. The first-order chi connectivity index (χ1) is 27.9. The number of fused-ring (bicyclic) bond motifs is 9. The third-order valence-electron chi connectivity index (χ3n) is 11.6. The molecule has 4 nitrogen and oxygen atoms in total. The quantitative estimate of drug-likeness (QED) is 0.160. The van der Waals surface area contributed by atoms with Crippen LogP contribution >= 0.6 is 0 Å². The van der Waals surface area contributed by atoms with Gasteiger partial charge in [0, 0.05) is 39.5 Å². The van der Waals surface area contributed by atoms with Crippen LogP contribution in [0.4, 0.5) is 34.1 Å². The number of rotatable bonds is 6. The fraction of sp³-hybridized carbons (Fsp3) is 0.0566. The van der Waals surface area contributed by atoms with Crippen LogP contribution in [-0.4, -0.2) is 0 Å². The molecule has 0 aromatic heterocycles. The highest BCUT2D eigenvalue weighted by Crippen LogP contribution is 2.56. The van der Waals surface area contributed by atoms with Gasteiger partial charge in [-0.2, -0.15) is 10.5 Å². The van der Waals surface area contributed by atoms with Gasteiger partial charge in [0.1, 0.15) is 0 Å². The van der Waals surface area contributed by atoms with Gasteiger partial charge in [0.05, 0.1) is 23.3 Å². The van der Waals surface area contributed by atoms with Gasteiger partial charge in [-0.25, -0.2) is 0 Å². The number of nitrogens with zero attached hydrogens (tertiary/aromatic N) is 4. The van der Waals surface area contributed by atoms with Gasteiger partial charge in [0.25, 0.3) is 0 Å². The molecular formula is C53H36N4. The number of nitriles is 2. The zero-order chi connectivity index (χ0) is 38.7. The second-order valence-corrected chi connectivity index (χ2v) is 15.2. The molecule has 4 heteroatoms. The van der Waals surface area contributed by atoms with E-state index in [-0.39, 0.29) is 5.41 Å². The Kier molecular flexibility index (Phi) is 7.89. The lowest BCUT2D eigenvalue weighted by molar-refractivity contribution is 0.667. The Balaban J connectivity index is 1.15. The summed E-state index contributed by atoms with van der Waals surface area (Å²) in [5.74, 6) is 0. The molecule has 0 amide bonds. The van der Waals surface area contributed by atoms with Gasteiger partial charge in [-0.05, 0) is 164 Å². The van der Waals surface area contributed by atoms with Crippen molar-refractivity contribution in [2.24, 2.45) is 0 Å². The molecule has 10 rings (SSSR count). The van der Waals surface area contributed by atoms with Crippen molar-refractivity contribution < 1.29 is 0 Å². The zero-order valence-corrected chi connectivity index (χ0v) is 31.6. The van der Waals surface area contributed by atoms with Crippen molar-refractivity contribution >= 4 is 66.4 Å². The first-order valence-electron chi connectivity index (χ1n) is 19.2. The molecule has 57 heavy (non-hydrogen) atoms. The van der Waals surface area contributed by atoms with Gasteiger partial charge in [-0.3, -0.25) is 0 Å². The van der Waals surface area contributed by atoms with Crippen molar-refractivity contribution in [3.05, 3.63) is 204 Å². The summed E-state index contributed by atoms with van der Waals surface area (Å²) in [6.07, 6.45) is 0. The van der Waals surface area contributed by atoms with E-state index in [4.69, 9.17) is 0 Å². The zero-order valence-electron chi connectivity index (χ0n) is 31.6. The average Bonchev–Trinajstić information content (AvgIpc) is 3.49. The molecule has 9 aromatic carbocycles. The van der Waals surface area contributed by atoms with E-state index in [0.717, 1.165) is 34.1 Å². The fourth-order valence-corrected chi connectivity index (χ4v) is 8.95. The lowest BCUT2D eigenvalue weighted by Gasteiger charge is -2.28. The SMILES string of the molecule is CC1(C)c2cc3cc(N(c4ccccc4)c4ccc(C#N)cc4)ccc3cc2-c2c1c1ccc(N(c3ccccc3)c3ccc(C#N)cc3)cc1c1ccccc21. The second kappa shape index (κ2) is 13.3. The van der Waals surface area contributed by atoms with Crippen molar-refractivity contribution in [2.75, 3.05) is 9.80 Å². The molecule has 268 valence electrons. The minimum atomic E-state index is -0.281. The molecule has 0 fully saturated rings. The van der Waals surface area contributed by atoms with Crippen LogP contribution < -0.4 is 9.80 Å². The van der Waals surface area contributed by atoms with Crippen molar-refractivity contribution in [1.29, 1.82) is 10.5 Å². The Morgan fingerprint density at radius 2 is 0.895 bits per heavy atom. The lowest BCUT2D eigenvalue weighted by Crippen LogP contribution is -2.16. The second-order valence-electron chi connectivity index (χ2n) is 15.2. The summed E-state index contributed by atoms with van der Waals surface area (Å²) in [5, 5.41) is 26.3. The Morgan fingerprint density at radius 1 is 0.404 bits per heavy atom. The van der Waals surface area contributed by atoms with Gasteiger partial charge in [0.2, 0.25) is 0 Å². The number of hydrogen-bond acceptors (Lipinski definition) is 4. The Bertz CT molecular complexity index is 3100. The molecule has 1 aliphatic carbocycles. The van der Waals surface area contributed by atoms with Crippen molar-refractivity contribution in [2.45, 2.75) is 19.3 Å². The molecule has 0 spiro atoms. The van der Waals surface area contributed by atoms with E-state index < -0.39 is 0 Å². The third kappa shape index (κ3) is 5.50. The fourth-order valence-electron chi connectivity index (χ4n) is 8.95. The summed E-state index contributed by atoms with van der Waals surface area (Å²) in [7, 11) is 0. The van der Waals surface area contributed by atoms with E-state index in [9.17, 15) is 10.5 Å². The van der Waals surface area contributed by atoms with Gasteiger partial charge < -0.3 is 9.80 Å². The van der Waals surface area contributed by atoms with Crippen molar-refractivity contribution in [3.63, 3.8) is 0 Å². The summed E-state index contributed by atoms with van der Waals surface area (Å²) in [6, 6.07) is 68.2. The molecule has 0 bridgehead atoms. The van der Waals surface area contributed by atoms with Crippen LogP contribution in [0.1, 0.15) is 36.1 Å². The van der Waals surface area contributed by atoms with E-state index in [1.807, 2.05) is 60.7 Å². The van der Waals surface area contributed by atoms with Gasteiger partial charge in [0.15, 0.2) is 0 Å². The highest BCUT2D eigenvalue weighted by molar-refractivity contribution is 6.19. The first-order valence-corrected chi connectivity index (χ1v) is 19.2. The Morgan fingerprint density at radius 3 is 1.47 bits per heavy atom. The Hall–Kier alpha value is -7.66. The van der Waals surface area contributed by atoms with Crippen molar-refractivity contribution in [1.82, 2.24) is 0 Å². The van der Waals surface area contributed by atoms with Gasteiger partial charge in [-0.1, -0.05) is 86.6 Å². The third-order valence-corrected chi connectivity index (χ3v) is 11.6. The number of anilines is 6. The van der Waals surface area contributed by atoms with Crippen molar-refractivity contribution in [3.8, 4) is 23.3 Å². The average molecular weight is 729 g/mol. The van der Waals surface area contributed by atoms with Crippen LogP contribution in [0.3, 0.4) is 0 Å². The largest absolute Gasteiger partial charge is 0.310 e. The van der Waals surface area contributed by atoms with Gasteiger partial charge >= 0.3 is 0 Å². The normalized spacial score (nSPS) is 12.5. The number of hydrogen-bond donors (Lipinski definition) is 0. The summed E-state index contributed by atoms with van der Waals surface area (Å²) in [6.45, 7) is 4.74. The molecule has 1 aliphatic rings. The molecule has 0 unspecified atom stereocenters. The van der Waals surface area contributed by atoms with Crippen LogP contribution in [-0.2, 0) is 5.41 Å². The van der Waals surface area contributed by atoms with E-state index in [0.29, 0.717) is 11.1 Å². The maximum atomic E-state index is 9.52. The number of benzene rings is 9. The highest BCUT2D eigenvalue weighted by Gasteiger charge is 2.39. The molecule has 0 saturated carbocycles. The minimum Gasteiger partial charge on any atom is -0.310 e. The summed E-state index contributed by atoms with van der Waals surface area (Å²) < 4.78 is 0. The monoisotopic (exact) mass is 728 g/mol. The smallest absolute Gasteiger partial charge is 0.0991 e. The standard InChI is InChI=1S/C53H36N4/c1-53(2)50-31-38-29-43(56(39-11-5-3-6-12-39)41-22-17-35(33-54)18-23-41)26-21-37(38)30-49(50)51-46-16-10-9-15-45(46)48-32-44(27-28-47(48)52(51)53)57(40-13-7-4-8-14-40)42-24-19-36(34-55)20-25-42/h3-32H,1-2H3. The highest BCUT2D eigenvalue weighted by atomic mass is 15.1. The topological polar surface area (TPSA) is 54.1 Å². The molecule has 9 aromatic rings. The molecule has 0 N–H and O–H groups in total. The molecule has 0 atom stereocenters. The van der Waals surface area contributed by atoms with E-state index in [2.05, 4.69) is 157 Å². The van der Waals surface area contributed by atoms with E-state index in [1.54, 1.807) is 0 Å². The summed E-state index contributed by atoms with van der Waals surface area (Å²) >= 11 is 0. The maximum absolute atomic E-state index is 9.52. The predicted molar refractivity (Wildman–Crippen MR) is 235 cm³/mol. The molecule has 0 radical (unpaired) electrons. The molecular weight excluding hydrogens is 693 g/mol. The number of para-hydroxylation sites is 2. The minimum absolute atomic E-state index is 0.281.